The number of rotatable bonds is 2. The molecule has 3 rings (SSSR count). The largest absolute Gasteiger partial charge is 0.473 e. The fourth-order valence-electron chi connectivity index (χ4n) is 2.27. The highest BCUT2D eigenvalue weighted by atomic mass is 32.1. The normalized spacial score (nSPS) is 39.9. The summed E-state index contributed by atoms with van der Waals surface area (Å²) in [5, 5.41) is 9.26. The SMILES string of the molecule is Nc1ccn([C@@H]2O[C@H](CO)[C@H]3OP(=O)(O)O[C@H]32)c(=S)n1. The Morgan fingerprint density at radius 2 is 2.20 bits per heavy atom. The van der Waals surface area contributed by atoms with Gasteiger partial charge in [-0.25, -0.2) is 9.55 Å². The van der Waals surface area contributed by atoms with Crippen LogP contribution in [0.25, 0.3) is 0 Å². The second-order valence-corrected chi connectivity index (χ2v) is 6.12. The number of ether oxygens (including phenoxy) is 1. The van der Waals surface area contributed by atoms with E-state index in [2.05, 4.69) is 4.98 Å². The van der Waals surface area contributed by atoms with E-state index in [1.54, 1.807) is 0 Å². The zero-order valence-electron chi connectivity index (χ0n) is 10.0. The van der Waals surface area contributed by atoms with Crippen LogP contribution in [-0.2, 0) is 18.3 Å². The Morgan fingerprint density at radius 1 is 1.50 bits per heavy atom. The number of nitrogen functional groups attached to an aromatic ring is 1. The molecule has 0 aliphatic carbocycles. The minimum absolute atomic E-state index is 0.135. The van der Waals surface area contributed by atoms with Gasteiger partial charge in [0.1, 0.15) is 24.1 Å². The predicted molar refractivity (Wildman–Crippen MR) is 68.0 cm³/mol. The molecule has 1 aromatic heterocycles. The molecule has 11 heteroatoms. The maximum absolute atomic E-state index is 11.5. The Kier molecular flexibility index (Phi) is 3.41. The second-order valence-electron chi connectivity index (χ2n) is 4.40. The number of phosphoric acid groups is 1. The molecule has 110 valence electrons. The highest BCUT2D eigenvalue weighted by Crippen LogP contribution is 2.58. The third-order valence-corrected chi connectivity index (χ3v) is 4.42. The monoisotopic (exact) mass is 321 g/mol. The molecule has 0 bridgehead atoms. The Morgan fingerprint density at radius 3 is 2.85 bits per heavy atom. The van der Waals surface area contributed by atoms with E-state index in [0.717, 1.165) is 0 Å². The molecule has 9 nitrogen and oxygen atoms in total. The van der Waals surface area contributed by atoms with E-state index < -0.39 is 32.4 Å². The number of aliphatic hydroxyl groups is 1. The van der Waals surface area contributed by atoms with Crippen LogP contribution in [-0.4, -0.2) is 44.5 Å². The summed E-state index contributed by atoms with van der Waals surface area (Å²) in [7, 11) is -4.14. The molecule has 0 saturated carbocycles. The first-order chi connectivity index (χ1) is 9.41. The van der Waals surface area contributed by atoms with Gasteiger partial charge in [0, 0.05) is 6.20 Å². The molecule has 0 spiro atoms. The molecule has 5 atom stereocenters. The van der Waals surface area contributed by atoms with E-state index in [9.17, 15) is 14.6 Å². The standard InChI is InChI=1S/C9H12N3O6PS/c10-5-1-2-12(9(20)11-5)8-7-6(4(3-13)16-8)17-19(14,15)18-7/h1-2,4,6-8,13H,3H2,(H,14,15)(H2,10,11,20)/t4-,6-,7-,8-/m1/s1. The summed E-state index contributed by atoms with van der Waals surface area (Å²) in [5.41, 5.74) is 5.52. The number of nitrogens with zero attached hydrogens (tertiary/aromatic N) is 2. The van der Waals surface area contributed by atoms with Crippen molar-refractivity contribution < 1.29 is 28.3 Å². The molecule has 1 unspecified atom stereocenters. The van der Waals surface area contributed by atoms with Crippen molar-refractivity contribution in [3.8, 4) is 0 Å². The molecule has 2 fully saturated rings. The van der Waals surface area contributed by atoms with Crippen LogP contribution in [0, 0.1) is 4.77 Å². The first kappa shape index (κ1) is 14.1. The average molecular weight is 321 g/mol. The molecule has 4 N–H and O–H groups in total. The van der Waals surface area contributed by atoms with E-state index in [1.807, 2.05) is 0 Å². The first-order valence-electron chi connectivity index (χ1n) is 5.72. The number of fused-ring (bicyclic) bond motifs is 1. The topological polar surface area (TPSA) is 129 Å². The van der Waals surface area contributed by atoms with Crippen LogP contribution in [0.4, 0.5) is 5.82 Å². The van der Waals surface area contributed by atoms with Gasteiger partial charge in [-0.05, 0) is 18.3 Å². The van der Waals surface area contributed by atoms with Crippen LogP contribution in [0.5, 0.6) is 0 Å². The molecular weight excluding hydrogens is 309 g/mol. The lowest BCUT2D eigenvalue weighted by Crippen LogP contribution is -2.30. The number of aromatic nitrogens is 2. The van der Waals surface area contributed by atoms with Crippen LogP contribution >= 0.6 is 20.0 Å². The second kappa shape index (κ2) is 4.85. The number of hydrogen-bond donors (Lipinski definition) is 3. The molecular formula is C9H12N3O6PS. The Balaban J connectivity index is 1.98. The first-order valence-corrected chi connectivity index (χ1v) is 7.62. The van der Waals surface area contributed by atoms with Gasteiger partial charge in [0.25, 0.3) is 0 Å². The Hall–Kier alpha value is -0.870. The summed E-state index contributed by atoms with van der Waals surface area (Å²) in [6.45, 7) is -0.378. The summed E-state index contributed by atoms with van der Waals surface area (Å²) >= 11 is 5.07. The molecule has 2 saturated heterocycles. The van der Waals surface area contributed by atoms with E-state index in [0.29, 0.717) is 0 Å². The van der Waals surface area contributed by atoms with Crippen molar-refractivity contribution in [3.05, 3.63) is 17.0 Å². The zero-order valence-corrected chi connectivity index (χ0v) is 11.7. The minimum atomic E-state index is -4.14. The highest BCUT2D eigenvalue weighted by molar-refractivity contribution is 7.71. The van der Waals surface area contributed by atoms with Crippen LogP contribution in [0.15, 0.2) is 12.3 Å². The average Bonchev–Trinajstić information content (AvgIpc) is 2.83. The van der Waals surface area contributed by atoms with Gasteiger partial charge in [0.05, 0.1) is 6.61 Å². The lowest BCUT2D eigenvalue weighted by Gasteiger charge is -2.19. The molecule has 1 aromatic rings. The van der Waals surface area contributed by atoms with E-state index >= 15 is 0 Å². The van der Waals surface area contributed by atoms with Gasteiger partial charge in [0.15, 0.2) is 6.23 Å². The number of aliphatic hydroxyl groups excluding tert-OH is 1. The van der Waals surface area contributed by atoms with Gasteiger partial charge in [-0.3, -0.25) is 13.6 Å². The van der Waals surface area contributed by atoms with E-state index in [4.69, 9.17) is 31.7 Å². The number of anilines is 1. The third kappa shape index (κ3) is 2.29. The van der Waals surface area contributed by atoms with Gasteiger partial charge < -0.3 is 20.5 Å². The van der Waals surface area contributed by atoms with Crippen molar-refractivity contribution in [2.75, 3.05) is 12.3 Å². The fraction of sp³-hybridized carbons (Fsp3) is 0.556. The predicted octanol–water partition coefficient (Wildman–Crippen LogP) is -0.0311. The van der Waals surface area contributed by atoms with Crippen molar-refractivity contribution in [1.29, 1.82) is 0 Å². The zero-order chi connectivity index (χ0) is 14.5. The number of nitrogens with two attached hydrogens (primary N) is 1. The van der Waals surface area contributed by atoms with Crippen molar-refractivity contribution >= 4 is 25.9 Å². The number of phosphoric ester groups is 1. The smallest absolute Gasteiger partial charge is 0.394 e. The lowest BCUT2D eigenvalue weighted by atomic mass is 10.1. The van der Waals surface area contributed by atoms with E-state index in [-0.39, 0.29) is 17.2 Å². The molecule has 0 aromatic carbocycles. The third-order valence-electron chi connectivity index (χ3n) is 3.10. The molecule has 20 heavy (non-hydrogen) atoms. The minimum Gasteiger partial charge on any atom is -0.394 e. The molecule has 0 radical (unpaired) electrons. The molecule has 2 aliphatic heterocycles. The van der Waals surface area contributed by atoms with E-state index in [1.165, 1.54) is 16.8 Å². The van der Waals surface area contributed by atoms with Crippen LogP contribution in [0.1, 0.15) is 6.23 Å². The molecule has 0 amide bonds. The summed E-state index contributed by atoms with van der Waals surface area (Å²) in [4.78, 5) is 13.3. The molecule has 2 aliphatic rings. The van der Waals surface area contributed by atoms with Crippen molar-refractivity contribution in [3.63, 3.8) is 0 Å². The summed E-state index contributed by atoms with van der Waals surface area (Å²) in [6.07, 6.45) is -1.77. The quantitative estimate of drug-likeness (QED) is 0.508. The maximum Gasteiger partial charge on any atom is 0.473 e. The van der Waals surface area contributed by atoms with Crippen LogP contribution < -0.4 is 5.73 Å². The lowest BCUT2D eigenvalue weighted by molar-refractivity contribution is -0.0616. The van der Waals surface area contributed by atoms with Crippen molar-refractivity contribution in [2.45, 2.75) is 24.5 Å². The van der Waals surface area contributed by atoms with Crippen molar-refractivity contribution in [2.24, 2.45) is 0 Å². The molecule has 3 heterocycles. The Labute approximate surface area is 118 Å². The van der Waals surface area contributed by atoms with Gasteiger partial charge in [0.2, 0.25) is 4.77 Å². The summed E-state index contributed by atoms with van der Waals surface area (Å²) in [5.74, 6) is 0.246. The maximum atomic E-state index is 11.5. The van der Waals surface area contributed by atoms with Crippen molar-refractivity contribution in [1.82, 2.24) is 9.55 Å². The fourth-order valence-corrected chi connectivity index (χ4v) is 3.69. The van der Waals surface area contributed by atoms with Gasteiger partial charge >= 0.3 is 7.82 Å². The summed E-state index contributed by atoms with van der Waals surface area (Å²) in [6, 6.07) is 1.51. The number of hydrogen-bond acceptors (Lipinski definition) is 8. The van der Waals surface area contributed by atoms with Gasteiger partial charge in [-0.15, -0.1) is 0 Å². The van der Waals surface area contributed by atoms with Crippen LogP contribution in [0.2, 0.25) is 0 Å². The Bertz CT molecular complexity index is 638. The van der Waals surface area contributed by atoms with Gasteiger partial charge in [-0.2, -0.15) is 0 Å². The van der Waals surface area contributed by atoms with Gasteiger partial charge in [-0.1, -0.05) is 0 Å². The summed E-state index contributed by atoms with van der Waals surface area (Å²) < 4.78 is 28.5. The van der Waals surface area contributed by atoms with Crippen LogP contribution in [0.3, 0.4) is 0 Å². The highest BCUT2D eigenvalue weighted by Gasteiger charge is 2.57.